The maximum absolute atomic E-state index is 12.5. The van der Waals surface area contributed by atoms with Crippen molar-refractivity contribution in [2.45, 2.75) is 6.92 Å². The number of thiophene rings is 1. The number of fused-ring (bicyclic) bond motifs is 1. The van der Waals surface area contributed by atoms with Crippen LogP contribution < -0.4 is 9.47 Å². The van der Waals surface area contributed by atoms with Gasteiger partial charge in [-0.05, 0) is 42.1 Å². The van der Waals surface area contributed by atoms with Crippen LogP contribution in [0.25, 0.3) is 6.08 Å². The second kappa shape index (κ2) is 7.33. The molecule has 4 rings (SSSR count). The van der Waals surface area contributed by atoms with Crippen molar-refractivity contribution in [3.8, 4) is 11.5 Å². The molecule has 0 aliphatic carbocycles. The molecule has 0 N–H and O–H groups in total. The number of allylic oxidation sites excluding steroid dienone is 1. The summed E-state index contributed by atoms with van der Waals surface area (Å²) in [6.07, 6.45) is 1.69. The van der Waals surface area contributed by atoms with E-state index in [0.29, 0.717) is 11.3 Å². The molecule has 0 atom stereocenters. The van der Waals surface area contributed by atoms with Crippen molar-refractivity contribution in [3.63, 3.8) is 0 Å². The van der Waals surface area contributed by atoms with E-state index in [1.54, 1.807) is 6.08 Å². The molecular weight excluding hydrogens is 394 g/mol. The van der Waals surface area contributed by atoms with Gasteiger partial charge in [-0.3, -0.25) is 14.9 Å². The number of benzene rings is 2. The van der Waals surface area contributed by atoms with Crippen molar-refractivity contribution in [2.75, 3.05) is 0 Å². The summed E-state index contributed by atoms with van der Waals surface area (Å²) in [5.74, 6) is -0.332. The number of nitro benzene ring substituents is 1. The van der Waals surface area contributed by atoms with Gasteiger partial charge in [0, 0.05) is 29.2 Å². The first-order valence-electron chi connectivity index (χ1n) is 8.51. The monoisotopic (exact) mass is 407 g/mol. The van der Waals surface area contributed by atoms with Crippen LogP contribution in [0.5, 0.6) is 11.5 Å². The highest BCUT2D eigenvalue weighted by Crippen LogP contribution is 2.35. The van der Waals surface area contributed by atoms with Gasteiger partial charge in [0.2, 0.25) is 5.78 Å². The quantitative estimate of drug-likeness (QED) is 0.203. The summed E-state index contributed by atoms with van der Waals surface area (Å²) in [6.45, 7) is 1.95. The van der Waals surface area contributed by atoms with Gasteiger partial charge in [0.1, 0.15) is 11.5 Å². The molecule has 2 heterocycles. The predicted octanol–water partition coefficient (Wildman–Crippen LogP) is 4.80. The number of carbonyl (C=O) groups excluding carboxylic acids is 2. The molecule has 8 heteroatoms. The van der Waals surface area contributed by atoms with E-state index in [0.717, 1.165) is 16.5 Å². The fourth-order valence-corrected chi connectivity index (χ4v) is 3.64. The van der Waals surface area contributed by atoms with Gasteiger partial charge < -0.3 is 9.47 Å². The lowest BCUT2D eigenvalue weighted by Gasteiger charge is -2.05. The molecule has 0 unspecified atom stereocenters. The minimum atomic E-state index is -0.747. The Hall–Kier alpha value is -3.78. The lowest BCUT2D eigenvalue weighted by molar-refractivity contribution is -0.384. The fourth-order valence-electron chi connectivity index (χ4n) is 2.79. The Morgan fingerprint density at radius 1 is 1.21 bits per heavy atom. The third-order valence-corrected chi connectivity index (χ3v) is 5.27. The predicted molar refractivity (Wildman–Crippen MR) is 106 cm³/mol. The van der Waals surface area contributed by atoms with E-state index in [1.165, 1.54) is 47.7 Å². The van der Waals surface area contributed by atoms with E-state index < -0.39 is 10.9 Å². The largest absolute Gasteiger partial charge is 0.452 e. The Bertz CT molecular complexity index is 1190. The minimum Gasteiger partial charge on any atom is -0.452 e. The molecule has 0 bridgehead atoms. The SMILES string of the molecule is Cc1ccsc1C=C1Oc2cc(OC(=O)c3cccc([N+](=O)[O-])c3)ccc2C1=O. The molecule has 1 aliphatic rings. The molecule has 144 valence electrons. The summed E-state index contributed by atoms with van der Waals surface area (Å²) in [4.78, 5) is 36.0. The molecule has 29 heavy (non-hydrogen) atoms. The smallest absolute Gasteiger partial charge is 0.343 e. The zero-order valence-electron chi connectivity index (χ0n) is 15.1. The third kappa shape index (κ3) is 3.65. The van der Waals surface area contributed by atoms with Crippen molar-refractivity contribution >= 4 is 34.9 Å². The Labute approximate surface area is 169 Å². The highest BCUT2D eigenvalue weighted by Gasteiger charge is 2.28. The third-order valence-electron chi connectivity index (χ3n) is 4.31. The molecule has 0 saturated carbocycles. The van der Waals surface area contributed by atoms with E-state index in [2.05, 4.69) is 0 Å². The van der Waals surface area contributed by atoms with Crippen molar-refractivity contribution in [1.29, 1.82) is 0 Å². The van der Waals surface area contributed by atoms with Crippen LogP contribution in [-0.2, 0) is 0 Å². The molecule has 0 spiro atoms. The highest BCUT2D eigenvalue weighted by molar-refractivity contribution is 7.11. The topological polar surface area (TPSA) is 95.7 Å². The number of nitrogens with zero attached hydrogens (tertiary/aromatic N) is 1. The van der Waals surface area contributed by atoms with E-state index in [-0.39, 0.29) is 28.5 Å². The van der Waals surface area contributed by atoms with Crippen LogP contribution in [0.3, 0.4) is 0 Å². The second-order valence-corrected chi connectivity index (χ2v) is 7.21. The molecular formula is C21H13NO6S. The Kier molecular flexibility index (Phi) is 4.69. The average molecular weight is 407 g/mol. The van der Waals surface area contributed by atoms with Crippen LogP contribution in [0.4, 0.5) is 5.69 Å². The van der Waals surface area contributed by atoms with E-state index in [1.807, 2.05) is 18.4 Å². The lowest BCUT2D eigenvalue weighted by Crippen LogP contribution is -2.08. The number of Topliss-reactive ketones (excluding diaryl/α,β-unsaturated/α-hetero) is 1. The van der Waals surface area contributed by atoms with Gasteiger partial charge in [-0.1, -0.05) is 6.07 Å². The number of hydrogen-bond acceptors (Lipinski definition) is 7. The number of carbonyl (C=O) groups is 2. The molecule has 2 aromatic carbocycles. The number of hydrogen-bond donors (Lipinski definition) is 0. The number of aryl methyl sites for hydroxylation is 1. The summed E-state index contributed by atoms with van der Waals surface area (Å²) < 4.78 is 10.9. The first kappa shape index (κ1) is 18.6. The summed E-state index contributed by atoms with van der Waals surface area (Å²) in [7, 11) is 0. The number of esters is 1. The average Bonchev–Trinajstić information content (AvgIpc) is 3.25. The van der Waals surface area contributed by atoms with Crippen LogP contribution in [0, 0.1) is 17.0 Å². The Balaban J connectivity index is 1.55. The second-order valence-electron chi connectivity index (χ2n) is 6.26. The fraction of sp³-hybridized carbons (Fsp3) is 0.0476. The van der Waals surface area contributed by atoms with Crippen molar-refractivity contribution < 1.29 is 24.0 Å². The van der Waals surface area contributed by atoms with E-state index in [4.69, 9.17) is 9.47 Å². The summed E-state index contributed by atoms with van der Waals surface area (Å²) >= 11 is 1.50. The Morgan fingerprint density at radius 2 is 2.03 bits per heavy atom. The van der Waals surface area contributed by atoms with Crippen molar-refractivity contribution in [1.82, 2.24) is 0 Å². The van der Waals surface area contributed by atoms with E-state index >= 15 is 0 Å². The molecule has 0 radical (unpaired) electrons. The minimum absolute atomic E-state index is 0.0467. The van der Waals surface area contributed by atoms with Crippen LogP contribution >= 0.6 is 11.3 Å². The Morgan fingerprint density at radius 3 is 2.76 bits per heavy atom. The van der Waals surface area contributed by atoms with Gasteiger partial charge in [-0.15, -0.1) is 11.3 Å². The standard InChI is InChI=1S/C21H13NO6S/c1-12-7-8-29-19(12)11-18-20(23)16-6-5-15(10-17(16)28-18)27-21(24)13-3-2-4-14(9-13)22(25)26/h2-11H,1H3. The van der Waals surface area contributed by atoms with Crippen molar-refractivity contribution in [3.05, 3.63) is 91.4 Å². The first-order valence-corrected chi connectivity index (χ1v) is 9.39. The van der Waals surface area contributed by atoms with Crippen LogP contribution in [0.15, 0.2) is 59.7 Å². The first-order chi connectivity index (χ1) is 13.9. The zero-order valence-corrected chi connectivity index (χ0v) is 15.9. The maximum Gasteiger partial charge on any atom is 0.343 e. The normalized spacial score (nSPS) is 13.8. The van der Waals surface area contributed by atoms with Gasteiger partial charge in [-0.25, -0.2) is 4.79 Å². The van der Waals surface area contributed by atoms with Gasteiger partial charge in [-0.2, -0.15) is 0 Å². The van der Waals surface area contributed by atoms with Gasteiger partial charge >= 0.3 is 5.97 Å². The molecule has 1 aromatic heterocycles. The number of ketones is 1. The summed E-state index contributed by atoms with van der Waals surface area (Å²) in [5.41, 5.74) is 1.26. The van der Waals surface area contributed by atoms with Gasteiger partial charge in [0.15, 0.2) is 5.76 Å². The van der Waals surface area contributed by atoms with E-state index in [9.17, 15) is 19.7 Å². The van der Waals surface area contributed by atoms with Crippen molar-refractivity contribution in [2.24, 2.45) is 0 Å². The lowest BCUT2D eigenvalue weighted by atomic mass is 10.1. The summed E-state index contributed by atoms with van der Waals surface area (Å²) in [6, 6.07) is 11.7. The highest BCUT2D eigenvalue weighted by atomic mass is 32.1. The molecule has 7 nitrogen and oxygen atoms in total. The molecule has 1 aliphatic heterocycles. The zero-order chi connectivity index (χ0) is 20.5. The maximum atomic E-state index is 12.5. The number of ether oxygens (including phenoxy) is 2. The van der Waals surface area contributed by atoms with Gasteiger partial charge in [0.25, 0.3) is 5.69 Å². The molecule has 0 saturated heterocycles. The van der Waals surface area contributed by atoms with Crippen LogP contribution in [0.1, 0.15) is 31.2 Å². The summed E-state index contributed by atoms with van der Waals surface area (Å²) in [5, 5.41) is 12.8. The number of non-ortho nitro benzene ring substituents is 1. The molecule has 3 aromatic rings. The van der Waals surface area contributed by atoms with Gasteiger partial charge in [0.05, 0.1) is 16.1 Å². The molecule has 0 fully saturated rings. The molecule has 0 amide bonds. The number of nitro groups is 1. The van der Waals surface area contributed by atoms with Crippen LogP contribution in [0.2, 0.25) is 0 Å². The van der Waals surface area contributed by atoms with Crippen LogP contribution in [-0.4, -0.2) is 16.7 Å². The number of rotatable bonds is 4.